The fourth-order valence-corrected chi connectivity index (χ4v) is 2.55. The molecule has 0 aliphatic carbocycles. The monoisotopic (exact) mass is 217 g/mol. The molecule has 1 heterocycles. The highest BCUT2D eigenvalue weighted by Gasteiger charge is 2.10. The van der Waals surface area contributed by atoms with E-state index in [1.807, 2.05) is 0 Å². The molecule has 1 fully saturated rings. The normalized spacial score (nSPS) is 17.6. The molecule has 1 heteroatoms. The van der Waals surface area contributed by atoms with Crippen molar-refractivity contribution < 1.29 is 0 Å². The highest BCUT2D eigenvalue weighted by molar-refractivity contribution is 5.23. The molecular weight excluding hydrogens is 194 g/mol. The van der Waals surface area contributed by atoms with Gasteiger partial charge in [-0.15, -0.1) is 0 Å². The van der Waals surface area contributed by atoms with E-state index >= 15 is 0 Å². The van der Waals surface area contributed by atoms with Crippen LogP contribution >= 0.6 is 0 Å². The molecule has 2 rings (SSSR count). The summed E-state index contributed by atoms with van der Waals surface area (Å²) in [4.78, 5) is 2.59. The lowest BCUT2D eigenvalue weighted by Gasteiger charge is -2.26. The molecule has 1 aliphatic rings. The van der Waals surface area contributed by atoms with Crippen molar-refractivity contribution in [3.63, 3.8) is 0 Å². The number of nitrogens with zero attached hydrogens (tertiary/aromatic N) is 1. The molecule has 0 atom stereocenters. The first-order valence-electron chi connectivity index (χ1n) is 6.68. The third-order valence-electron chi connectivity index (χ3n) is 3.38. The average molecular weight is 217 g/mol. The zero-order valence-electron chi connectivity index (χ0n) is 10.4. The number of benzene rings is 1. The summed E-state index contributed by atoms with van der Waals surface area (Å²) < 4.78 is 0. The highest BCUT2D eigenvalue weighted by Crippen LogP contribution is 2.14. The van der Waals surface area contributed by atoms with E-state index in [1.54, 1.807) is 0 Å². The summed E-state index contributed by atoms with van der Waals surface area (Å²) in [7, 11) is 0. The summed E-state index contributed by atoms with van der Waals surface area (Å²) in [5, 5.41) is 0. The molecule has 1 aromatic carbocycles. The molecular formula is C15H23N. The number of hydrogen-bond acceptors (Lipinski definition) is 1. The standard InChI is InChI=1S/C15H23N/c1-2-7-14-8-6-9-15(12-14)13-16-10-4-3-5-11-16/h6,8-9,12H,2-5,7,10-11,13H2,1H3. The Balaban J connectivity index is 1.94. The van der Waals surface area contributed by atoms with Crippen molar-refractivity contribution in [1.82, 2.24) is 4.90 Å². The zero-order chi connectivity index (χ0) is 11.2. The van der Waals surface area contributed by atoms with Crippen molar-refractivity contribution in [2.24, 2.45) is 0 Å². The maximum atomic E-state index is 2.59. The molecule has 1 nitrogen and oxygen atoms in total. The number of piperidine rings is 1. The molecule has 0 bridgehead atoms. The Morgan fingerprint density at radius 2 is 1.81 bits per heavy atom. The van der Waals surface area contributed by atoms with Gasteiger partial charge in [-0.3, -0.25) is 4.90 Å². The van der Waals surface area contributed by atoms with Gasteiger partial charge >= 0.3 is 0 Å². The predicted molar refractivity (Wildman–Crippen MR) is 69.6 cm³/mol. The van der Waals surface area contributed by atoms with Crippen LogP contribution in [0.1, 0.15) is 43.7 Å². The molecule has 1 aliphatic heterocycles. The smallest absolute Gasteiger partial charge is 0.0233 e. The van der Waals surface area contributed by atoms with E-state index in [0.29, 0.717) is 0 Å². The fraction of sp³-hybridized carbons (Fsp3) is 0.600. The molecule has 0 unspecified atom stereocenters. The van der Waals surface area contributed by atoms with Gasteiger partial charge in [0.1, 0.15) is 0 Å². The van der Waals surface area contributed by atoms with Crippen LogP contribution < -0.4 is 0 Å². The first-order valence-corrected chi connectivity index (χ1v) is 6.68. The van der Waals surface area contributed by atoms with E-state index in [-0.39, 0.29) is 0 Å². The Hall–Kier alpha value is -0.820. The summed E-state index contributed by atoms with van der Waals surface area (Å²) in [5.41, 5.74) is 2.99. The summed E-state index contributed by atoms with van der Waals surface area (Å²) >= 11 is 0. The topological polar surface area (TPSA) is 3.24 Å². The van der Waals surface area contributed by atoms with E-state index in [1.165, 1.54) is 56.3 Å². The third kappa shape index (κ3) is 3.34. The number of aryl methyl sites for hydroxylation is 1. The minimum atomic E-state index is 1.15. The van der Waals surface area contributed by atoms with Gasteiger partial charge < -0.3 is 0 Å². The Bertz CT molecular complexity index is 313. The zero-order valence-corrected chi connectivity index (χ0v) is 10.4. The summed E-state index contributed by atoms with van der Waals surface area (Å²) in [5.74, 6) is 0. The second kappa shape index (κ2) is 6.05. The number of rotatable bonds is 4. The molecule has 0 radical (unpaired) electrons. The molecule has 0 saturated carbocycles. The molecule has 1 saturated heterocycles. The van der Waals surface area contributed by atoms with E-state index < -0.39 is 0 Å². The first-order chi connectivity index (χ1) is 7.88. The molecule has 16 heavy (non-hydrogen) atoms. The van der Waals surface area contributed by atoms with Gasteiger partial charge in [0.25, 0.3) is 0 Å². The fourth-order valence-electron chi connectivity index (χ4n) is 2.55. The molecule has 0 amide bonds. The molecule has 88 valence electrons. The van der Waals surface area contributed by atoms with Gasteiger partial charge in [0.2, 0.25) is 0 Å². The number of likely N-dealkylation sites (tertiary alicyclic amines) is 1. The number of hydrogen-bond donors (Lipinski definition) is 0. The van der Waals surface area contributed by atoms with Crippen LogP contribution in [0.15, 0.2) is 24.3 Å². The second-order valence-electron chi connectivity index (χ2n) is 4.91. The van der Waals surface area contributed by atoms with Gasteiger partial charge in [0.15, 0.2) is 0 Å². The maximum absolute atomic E-state index is 2.59. The Kier molecular flexibility index (Phi) is 4.41. The van der Waals surface area contributed by atoms with Crippen molar-refractivity contribution in [3.05, 3.63) is 35.4 Å². The van der Waals surface area contributed by atoms with E-state index in [4.69, 9.17) is 0 Å². The van der Waals surface area contributed by atoms with Gasteiger partial charge in [-0.05, 0) is 43.5 Å². The second-order valence-corrected chi connectivity index (χ2v) is 4.91. The minimum Gasteiger partial charge on any atom is -0.299 e. The Morgan fingerprint density at radius 1 is 1.06 bits per heavy atom. The maximum Gasteiger partial charge on any atom is 0.0233 e. The first kappa shape index (κ1) is 11.7. The lowest BCUT2D eigenvalue weighted by Crippen LogP contribution is -2.29. The van der Waals surface area contributed by atoms with Crippen LogP contribution in [0.5, 0.6) is 0 Å². The van der Waals surface area contributed by atoms with Crippen LogP contribution in [0.2, 0.25) is 0 Å². The lowest BCUT2D eigenvalue weighted by molar-refractivity contribution is 0.221. The predicted octanol–water partition coefficient (Wildman–Crippen LogP) is 3.63. The lowest BCUT2D eigenvalue weighted by atomic mass is 10.1. The van der Waals surface area contributed by atoms with Gasteiger partial charge in [0.05, 0.1) is 0 Å². The van der Waals surface area contributed by atoms with Crippen molar-refractivity contribution in [2.45, 2.75) is 45.6 Å². The molecule has 0 spiro atoms. The SMILES string of the molecule is CCCc1cccc(CN2CCCCC2)c1. The molecule has 0 aromatic heterocycles. The van der Waals surface area contributed by atoms with Crippen LogP contribution in [-0.4, -0.2) is 18.0 Å². The highest BCUT2D eigenvalue weighted by atomic mass is 15.1. The van der Waals surface area contributed by atoms with Gasteiger partial charge in [-0.25, -0.2) is 0 Å². The van der Waals surface area contributed by atoms with E-state index in [0.717, 1.165) is 6.54 Å². The molecule has 1 aromatic rings. The van der Waals surface area contributed by atoms with Crippen molar-refractivity contribution in [2.75, 3.05) is 13.1 Å². The summed E-state index contributed by atoms with van der Waals surface area (Å²) in [6.07, 6.45) is 6.65. The van der Waals surface area contributed by atoms with Crippen LogP contribution in [0, 0.1) is 0 Å². The van der Waals surface area contributed by atoms with Gasteiger partial charge in [0, 0.05) is 6.54 Å². The van der Waals surface area contributed by atoms with Crippen molar-refractivity contribution in [1.29, 1.82) is 0 Å². The largest absolute Gasteiger partial charge is 0.299 e. The summed E-state index contributed by atoms with van der Waals surface area (Å²) in [6, 6.07) is 9.12. The average Bonchev–Trinajstić information content (AvgIpc) is 2.31. The summed E-state index contributed by atoms with van der Waals surface area (Å²) in [6.45, 7) is 5.98. The van der Waals surface area contributed by atoms with E-state index in [2.05, 4.69) is 36.1 Å². The van der Waals surface area contributed by atoms with Crippen LogP contribution in [0.3, 0.4) is 0 Å². The third-order valence-corrected chi connectivity index (χ3v) is 3.38. The molecule has 0 N–H and O–H groups in total. The van der Waals surface area contributed by atoms with Crippen molar-refractivity contribution >= 4 is 0 Å². The Labute approximate surface area is 99.5 Å². The van der Waals surface area contributed by atoms with Gasteiger partial charge in [-0.2, -0.15) is 0 Å². The quantitative estimate of drug-likeness (QED) is 0.744. The van der Waals surface area contributed by atoms with Crippen LogP contribution in [0.4, 0.5) is 0 Å². The van der Waals surface area contributed by atoms with Crippen LogP contribution in [-0.2, 0) is 13.0 Å². The van der Waals surface area contributed by atoms with Gasteiger partial charge in [-0.1, -0.05) is 44.0 Å². The van der Waals surface area contributed by atoms with Crippen molar-refractivity contribution in [3.8, 4) is 0 Å². The van der Waals surface area contributed by atoms with E-state index in [9.17, 15) is 0 Å². The van der Waals surface area contributed by atoms with Crippen LogP contribution in [0.25, 0.3) is 0 Å². The minimum absolute atomic E-state index is 1.15. The Morgan fingerprint density at radius 3 is 2.56 bits per heavy atom.